The molecule has 1 aliphatic rings. The van der Waals surface area contributed by atoms with Crippen LogP contribution in [-0.4, -0.2) is 31.7 Å². The first-order valence-electron chi connectivity index (χ1n) is 11.1. The van der Waals surface area contributed by atoms with E-state index in [-0.39, 0.29) is 10.8 Å². The summed E-state index contributed by atoms with van der Waals surface area (Å²) in [4.78, 5) is 13.5. The van der Waals surface area contributed by atoms with Gasteiger partial charge in [0.25, 0.3) is 0 Å². The van der Waals surface area contributed by atoms with Crippen molar-refractivity contribution in [3.8, 4) is 0 Å². The maximum Gasteiger partial charge on any atom is 0.243 e. The first-order valence-corrected chi connectivity index (χ1v) is 12.5. The third-order valence-electron chi connectivity index (χ3n) is 5.85. The summed E-state index contributed by atoms with van der Waals surface area (Å²) in [6.45, 7) is 1.13. The number of carbonyl (C=O) groups is 1. The Kier molecular flexibility index (Phi) is 7.02. The van der Waals surface area contributed by atoms with E-state index in [0.717, 1.165) is 36.8 Å². The molecular formula is C26H28N2O3S. The summed E-state index contributed by atoms with van der Waals surface area (Å²) >= 11 is 0. The minimum Gasteiger partial charge on any atom is -0.325 e. The van der Waals surface area contributed by atoms with Gasteiger partial charge in [0.2, 0.25) is 15.9 Å². The van der Waals surface area contributed by atoms with Gasteiger partial charge in [0.05, 0.1) is 10.8 Å². The Hall–Kier alpha value is -2.96. The molecule has 32 heavy (non-hydrogen) atoms. The summed E-state index contributed by atoms with van der Waals surface area (Å²) in [6.07, 6.45) is 3.93. The normalized spacial score (nSPS) is 15.3. The Morgan fingerprint density at radius 2 is 1.22 bits per heavy atom. The van der Waals surface area contributed by atoms with E-state index in [9.17, 15) is 13.2 Å². The van der Waals surface area contributed by atoms with Gasteiger partial charge in [-0.25, -0.2) is 8.42 Å². The molecule has 1 N–H and O–H groups in total. The summed E-state index contributed by atoms with van der Waals surface area (Å²) in [7, 11) is -3.51. The van der Waals surface area contributed by atoms with Crippen LogP contribution in [0.25, 0.3) is 0 Å². The van der Waals surface area contributed by atoms with E-state index in [1.54, 1.807) is 28.6 Å². The number of hydrogen-bond acceptors (Lipinski definition) is 3. The second-order valence-electron chi connectivity index (χ2n) is 8.09. The zero-order valence-electron chi connectivity index (χ0n) is 18.0. The zero-order valence-corrected chi connectivity index (χ0v) is 18.8. The minimum absolute atomic E-state index is 0.162. The molecule has 1 fully saturated rings. The van der Waals surface area contributed by atoms with Gasteiger partial charge in [0, 0.05) is 18.8 Å². The van der Waals surface area contributed by atoms with Crippen LogP contribution in [0, 0.1) is 0 Å². The first kappa shape index (κ1) is 22.2. The quantitative estimate of drug-likeness (QED) is 0.576. The lowest BCUT2D eigenvalue weighted by Crippen LogP contribution is -2.31. The molecule has 3 aromatic rings. The highest BCUT2D eigenvalue weighted by Gasteiger charge is 2.26. The zero-order chi connectivity index (χ0) is 22.4. The van der Waals surface area contributed by atoms with Crippen molar-refractivity contribution < 1.29 is 13.2 Å². The molecule has 0 saturated carbocycles. The third kappa shape index (κ3) is 5.09. The number of sulfonamides is 1. The van der Waals surface area contributed by atoms with E-state index in [1.807, 2.05) is 60.7 Å². The molecule has 1 aliphatic heterocycles. The maximum absolute atomic E-state index is 13.2. The van der Waals surface area contributed by atoms with Crippen molar-refractivity contribution in [2.45, 2.75) is 36.5 Å². The van der Waals surface area contributed by atoms with Gasteiger partial charge in [-0.1, -0.05) is 73.5 Å². The number of carbonyl (C=O) groups excluding carboxylic acids is 1. The lowest BCUT2D eigenvalue weighted by atomic mass is 9.90. The largest absolute Gasteiger partial charge is 0.325 e. The van der Waals surface area contributed by atoms with Gasteiger partial charge >= 0.3 is 0 Å². The van der Waals surface area contributed by atoms with Crippen molar-refractivity contribution in [1.82, 2.24) is 4.31 Å². The van der Waals surface area contributed by atoms with Crippen molar-refractivity contribution in [3.05, 3.63) is 96.1 Å². The topological polar surface area (TPSA) is 66.5 Å². The smallest absolute Gasteiger partial charge is 0.243 e. The lowest BCUT2D eigenvalue weighted by Gasteiger charge is -2.20. The number of benzene rings is 3. The van der Waals surface area contributed by atoms with E-state index in [4.69, 9.17) is 0 Å². The summed E-state index contributed by atoms with van der Waals surface area (Å²) in [6, 6.07) is 25.8. The molecule has 3 aromatic carbocycles. The molecule has 6 heteroatoms. The fourth-order valence-electron chi connectivity index (χ4n) is 4.14. The number of nitrogens with zero attached hydrogens (tertiary/aromatic N) is 1. The molecule has 0 spiro atoms. The van der Waals surface area contributed by atoms with E-state index in [2.05, 4.69) is 5.32 Å². The van der Waals surface area contributed by atoms with Gasteiger partial charge < -0.3 is 5.32 Å². The summed E-state index contributed by atoms with van der Waals surface area (Å²) in [5.74, 6) is -0.622. The minimum atomic E-state index is -3.51. The second-order valence-corrected chi connectivity index (χ2v) is 10.0. The summed E-state index contributed by atoms with van der Waals surface area (Å²) in [5.41, 5.74) is 2.37. The van der Waals surface area contributed by atoms with Crippen LogP contribution in [0.5, 0.6) is 0 Å². The van der Waals surface area contributed by atoms with Crippen LogP contribution in [0.3, 0.4) is 0 Å². The molecule has 0 unspecified atom stereocenters. The average molecular weight is 449 g/mol. The van der Waals surface area contributed by atoms with Gasteiger partial charge in [0.15, 0.2) is 0 Å². The number of nitrogens with one attached hydrogen (secondary N) is 1. The number of hydrogen-bond donors (Lipinski definition) is 1. The highest BCUT2D eigenvalue weighted by Crippen LogP contribution is 2.27. The number of anilines is 1. The number of amides is 1. The van der Waals surface area contributed by atoms with Crippen molar-refractivity contribution in [1.29, 1.82) is 0 Å². The van der Waals surface area contributed by atoms with E-state index < -0.39 is 15.9 Å². The molecular weight excluding hydrogens is 420 g/mol. The maximum atomic E-state index is 13.2. The van der Waals surface area contributed by atoms with Crippen molar-refractivity contribution >= 4 is 21.6 Å². The predicted octanol–water partition coefficient (Wildman–Crippen LogP) is 5.02. The SMILES string of the molecule is O=C(Nc1ccc(S(=O)(=O)N2CCCCCC2)cc1)C(c1ccccc1)c1ccccc1. The Labute approximate surface area is 190 Å². The van der Waals surface area contributed by atoms with Crippen molar-refractivity contribution in [2.75, 3.05) is 18.4 Å². The van der Waals surface area contributed by atoms with Gasteiger partial charge in [-0.2, -0.15) is 4.31 Å². The Morgan fingerprint density at radius 3 is 1.72 bits per heavy atom. The van der Waals surface area contributed by atoms with Gasteiger partial charge in [0.1, 0.15) is 0 Å². The van der Waals surface area contributed by atoms with E-state index in [1.165, 1.54) is 0 Å². The molecule has 0 atom stereocenters. The second kappa shape index (κ2) is 10.1. The molecule has 0 radical (unpaired) electrons. The van der Waals surface area contributed by atoms with Gasteiger partial charge in [-0.3, -0.25) is 4.79 Å². The molecule has 166 valence electrons. The Morgan fingerprint density at radius 1 is 0.719 bits per heavy atom. The Bertz CT molecular complexity index is 1080. The van der Waals surface area contributed by atoms with Crippen molar-refractivity contribution in [3.63, 3.8) is 0 Å². The standard InChI is InChI=1S/C26H28N2O3S/c29-26(25(21-11-5-3-6-12-21)22-13-7-4-8-14-22)27-23-15-17-24(18-16-23)32(30,31)28-19-9-1-2-10-20-28/h3-8,11-18,25H,1-2,9-10,19-20H2,(H,27,29). The van der Waals surface area contributed by atoms with Crippen LogP contribution in [0.4, 0.5) is 5.69 Å². The van der Waals surface area contributed by atoms with Crippen LogP contribution in [0.2, 0.25) is 0 Å². The number of rotatable bonds is 6. The fourth-order valence-corrected chi connectivity index (χ4v) is 5.66. The molecule has 0 bridgehead atoms. The molecule has 1 amide bonds. The lowest BCUT2D eigenvalue weighted by molar-refractivity contribution is -0.116. The molecule has 0 aliphatic carbocycles. The molecule has 0 aromatic heterocycles. The van der Waals surface area contributed by atoms with Gasteiger partial charge in [-0.05, 0) is 48.2 Å². The third-order valence-corrected chi connectivity index (χ3v) is 7.77. The molecule has 1 saturated heterocycles. The highest BCUT2D eigenvalue weighted by atomic mass is 32.2. The highest BCUT2D eigenvalue weighted by molar-refractivity contribution is 7.89. The summed E-state index contributed by atoms with van der Waals surface area (Å²) < 4.78 is 27.6. The first-order chi connectivity index (χ1) is 15.6. The molecule has 1 heterocycles. The summed E-state index contributed by atoms with van der Waals surface area (Å²) in [5, 5.41) is 2.96. The van der Waals surface area contributed by atoms with E-state index >= 15 is 0 Å². The van der Waals surface area contributed by atoms with Crippen LogP contribution in [0.15, 0.2) is 89.8 Å². The van der Waals surface area contributed by atoms with Crippen LogP contribution in [-0.2, 0) is 14.8 Å². The van der Waals surface area contributed by atoms with Gasteiger partial charge in [-0.15, -0.1) is 0 Å². The predicted molar refractivity (Wildman–Crippen MR) is 127 cm³/mol. The fraction of sp³-hybridized carbons (Fsp3) is 0.269. The average Bonchev–Trinajstić information content (AvgIpc) is 3.11. The van der Waals surface area contributed by atoms with Crippen LogP contribution in [0.1, 0.15) is 42.7 Å². The molecule has 4 rings (SSSR count). The monoisotopic (exact) mass is 448 g/mol. The van der Waals surface area contributed by atoms with E-state index in [0.29, 0.717) is 18.8 Å². The van der Waals surface area contributed by atoms with Crippen molar-refractivity contribution in [2.24, 2.45) is 0 Å². The Balaban J connectivity index is 1.53. The van der Waals surface area contributed by atoms with Crippen LogP contribution < -0.4 is 5.32 Å². The molecule has 5 nitrogen and oxygen atoms in total. The van der Waals surface area contributed by atoms with Crippen LogP contribution >= 0.6 is 0 Å².